The lowest BCUT2D eigenvalue weighted by Gasteiger charge is -2.05. The topological polar surface area (TPSA) is 62.7 Å². The fourth-order valence-electron chi connectivity index (χ4n) is 3.33. The van der Waals surface area contributed by atoms with Crippen molar-refractivity contribution in [1.82, 2.24) is 14.8 Å². The van der Waals surface area contributed by atoms with Crippen molar-refractivity contribution in [3.05, 3.63) is 82.6 Å². The Labute approximate surface area is 168 Å². The number of nitrogens with one attached hydrogen (secondary N) is 2. The number of aromatic nitrogens is 3. The highest BCUT2D eigenvalue weighted by atomic mass is 35.5. The van der Waals surface area contributed by atoms with Crippen molar-refractivity contribution < 1.29 is 4.79 Å². The predicted molar refractivity (Wildman–Crippen MR) is 113 cm³/mol. The van der Waals surface area contributed by atoms with Crippen LogP contribution in [0.5, 0.6) is 0 Å². The molecule has 2 aromatic carbocycles. The fourth-order valence-corrected chi connectivity index (χ4v) is 3.54. The summed E-state index contributed by atoms with van der Waals surface area (Å²) in [5.41, 5.74) is 4.28. The number of H-pyrrole nitrogens is 1. The summed E-state index contributed by atoms with van der Waals surface area (Å²) in [7, 11) is 0. The maximum Gasteiger partial charge on any atom is 0.225 e. The summed E-state index contributed by atoms with van der Waals surface area (Å²) >= 11 is 6.05. The summed E-state index contributed by atoms with van der Waals surface area (Å²) < 4.78 is 1.86. The molecule has 2 heterocycles. The van der Waals surface area contributed by atoms with Crippen molar-refractivity contribution in [2.75, 3.05) is 5.32 Å². The smallest absolute Gasteiger partial charge is 0.225 e. The van der Waals surface area contributed by atoms with E-state index in [1.165, 1.54) is 0 Å². The molecule has 0 saturated carbocycles. The van der Waals surface area contributed by atoms with Crippen molar-refractivity contribution in [3.63, 3.8) is 0 Å². The average Bonchev–Trinajstić information content (AvgIpc) is 3.23. The Bertz CT molecular complexity index is 1130. The summed E-state index contributed by atoms with van der Waals surface area (Å²) in [6, 6.07) is 17.7. The molecule has 4 rings (SSSR count). The van der Waals surface area contributed by atoms with Gasteiger partial charge in [-0.05, 0) is 42.7 Å². The Morgan fingerprint density at radius 1 is 1.18 bits per heavy atom. The highest BCUT2D eigenvalue weighted by Crippen LogP contribution is 2.19. The Morgan fingerprint density at radius 3 is 2.89 bits per heavy atom. The van der Waals surface area contributed by atoms with Gasteiger partial charge in [0.25, 0.3) is 0 Å². The molecule has 0 radical (unpaired) electrons. The second kappa shape index (κ2) is 7.90. The number of carbonyl (C=O) groups is 1. The standard InChI is InChI=1S/C22H21ClN4O/c1-15-11-21(26-27(15)14-16-5-4-6-18(23)12-16)25-22(28)10-9-17-13-24-20-8-3-2-7-19(17)20/h2-8,11-13,24H,9-10,14H2,1H3,(H,25,26,28). The van der Waals surface area contributed by atoms with Crippen molar-refractivity contribution in [1.29, 1.82) is 0 Å². The SMILES string of the molecule is Cc1cc(NC(=O)CCc2c[nH]c3ccccc23)nn1Cc1cccc(Cl)c1. The number of para-hydroxylation sites is 1. The van der Waals surface area contributed by atoms with Gasteiger partial charge in [-0.3, -0.25) is 9.48 Å². The molecule has 6 heteroatoms. The monoisotopic (exact) mass is 392 g/mol. The minimum atomic E-state index is -0.0438. The highest BCUT2D eigenvalue weighted by molar-refractivity contribution is 6.30. The second-order valence-corrected chi connectivity index (χ2v) is 7.30. The first kappa shape index (κ1) is 18.3. The Morgan fingerprint density at radius 2 is 2.04 bits per heavy atom. The highest BCUT2D eigenvalue weighted by Gasteiger charge is 2.10. The second-order valence-electron chi connectivity index (χ2n) is 6.87. The van der Waals surface area contributed by atoms with Crippen LogP contribution in [0.3, 0.4) is 0 Å². The van der Waals surface area contributed by atoms with Crippen LogP contribution in [0.1, 0.15) is 23.2 Å². The molecule has 142 valence electrons. The van der Waals surface area contributed by atoms with Crippen molar-refractivity contribution in [2.45, 2.75) is 26.3 Å². The molecule has 0 aliphatic rings. The molecule has 2 aromatic heterocycles. The van der Waals surface area contributed by atoms with E-state index in [1.54, 1.807) is 0 Å². The largest absolute Gasteiger partial charge is 0.361 e. The van der Waals surface area contributed by atoms with Crippen LogP contribution in [-0.2, 0) is 17.8 Å². The zero-order valence-corrected chi connectivity index (χ0v) is 16.3. The van der Waals surface area contributed by atoms with Gasteiger partial charge in [0.15, 0.2) is 5.82 Å². The lowest BCUT2D eigenvalue weighted by Crippen LogP contribution is -2.13. The summed E-state index contributed by atoms with van der Waals surface area (Å²) in [5, 5.41) is 9.27. The molecule has 0 aliphatic carbocycles. The van der Waals surface area contributed by atoms with E-state index in [1.807, 2.05) is 66.3 Å². The lowest BCUT2D eigenvalue weighted by molar-refractivity contribution is -0.116. The van der Waals surface area contributed by atoms with Crippen LogP contribution in [0.2, 0.25) is 5.02 Å². The summed E-state index contributed by atoms with van der Waals surface area (Å²) in [6.45, 7) is 2.58. The van der Waals surface area contributed by atoms with Crippen LogP contribution in [0.25, 0.3) is 10.9 Å². The van der Waals surface area contributed by atoms with Gasteiger partial charge in [0, 0.05) is 40.3 Å². The molecule has 1 amide bonds. The van der Waals surface area contributed by atoms with Gasteiger partial charge in [0.2, 0.25) is 5.91 Å². The number of nitrogens with zero attached hydrogens (tertiary/aromatic N) is 2. The van der Waals surface area contributed by atoms with E-state index in [9.17, 15) is 4.79 Å². The molecule has 0 atom stereocenters. The molecule has 28 heavy (non-hydrogen) atoms. The Hall–Kier alpha value is -3.05. The Balaban J connectivity index is 1.38. The molecule has 0 bridgehead atoms. The van der Waals surface area contributed by atoms with E-state index < -0.39 is 0 Å². The third-order valence-corrected chi connectivity index (χ3v) is 5.00. The van der Waals surface area contributed by atoms with Gasteiger partial charge in [-0.2, -0.15) is 5.10 Å². The van der Waals surface area contributed by atoms with Gasteiger partial charge in [0.05, 0.1) is 6.54 Å². The number of aromatic amines is 1. The molecule has 0 spiro atoms. The van der Waals surface area contributed by atoms with Crippen LogP contribution in [0.15, 0.2) is 60.8 Å². The summed E-state index contributed by atoms with van der Waals surface area (Å²) in [6.07, 6.45) is 3.06. The first-order valence-corrected chi connectivity index (χ1v) is 9.60. The Kier molecular flexibility index (Phi) is 5.17. The zero-order chi connectivity index (χ0) is 19.5. The van der Waals surface area contributed by atoms with Gasteiger partial charge in [0.1, 0.15) is 0 Å². The van der Waals surface area contributed by atoms with Gasteiger partial charge < -0.3 is 10.3 Å². The fraction of sp³-hybridized carbons (Fsp3) is 0.182. The normalized spacial score (nSPS) is 11.1. The number of fused-ring (bicyclic) bond motifs is 1. The van der Waals surface area contributed by atoms with Crippen LogP contribution in [-0.4, -0.2) is 20.7 Å². The number of aryl methyl sites for hydroxylation is 2. The maximum absolute atomic E-state index is 12.4. The molecule has 5 nitrogen and oxygen atoms in total. The van der Waals surface area contributed by atoms with E-state index in [-0.39, 0.29) is 5.91 Å². The lowest BCUT2D eigenvalue weighted by atomic mass is 10.1. The van der Waals surface area contributed by atoms with Gasteiger partial charge >= 0.3 is 0 Å². The first-order valence-electron chi connectivity index (χ1n) is 9.22. The van der Waals surface area contributed by atoms with Crippen molar-refractivity contribution in [3.8, 4) is 0 Å². The van der Waals surface area contributed by atoms with Crippen LogP contribution in [0.4, 0.5) is 5.82 Å². The predicted octanol–water partition coefficient (Wildman–Crippen LogP) is 4.95. The molecule has 0 unspecified atom stereocenters. The third kappa shape index (κ3) is 4.10. The molecule has 0 saturated heterocycles. The van der Waals surface area contributed by atoms with Crippen molar-refractivity contribution >= 4 is 34.2 Å². The van der Waals surface area contributed by atoms with E-state index >= 15 is 0 Å². The van der Waals surface area contributed by atoms with Crippen molar-refractivity contribution in [2.24, 2.45) is 0 Å². The van der Waals surface area contributed by atoms with E-state index in [2.05, 4.69) is 21.5 Å². The number of hydrogen-bond acceptors (Lipinski definition) is 2. The summed E-state index contributed by atoms with van der Waals surface area (Å²) in [5.74, 6) is 0.529. The maximum atomic E-state index is 12.4. The van der Waals surface area contributed by atoms with Crippen LogP contribution >= 0.6 is 11.6 Å². The minimum Gasteiger partial charge on any atom is -0.361 e. The van der Waals surface area contributed by atoms with Gasteiger partial charge in [-0.15, -0.1) is 0 Å². The van der Waals surface area contributed by atoms with Gasteiger partial charge in [-0.1, -0.05) is 41.9 Å². The van der Waals surface area contributed by atoms with Gasteiger partial charge in [-0.25, -0.2) is 0 Å². The molecule has 4 aromatic rings. The first-order chi connectivity index (χ1) is 13.6. The average molecular weight is 393 g/mol. The molecular weight excluding hydrogens is 372 g/mol. The molecule has 0 fully saturated rings. The number of rotatable bonds is 6. The number of halogens is 1. The molecule has 0 aliphatic heterocycles. The van der Waals surface area contributed by atoms with E-state index in [0.29, 0.717) is 30.2 Å². The minimum absolute atomic E-state index is 0.0438. The number of anilines is 1. The zero-order valence-electron chi connectivity index (χ0n) is 15.6. The van der Waals surface area contributed by atoms with Crippen LogP contribution < -0.4 is 5.32 Å². The quantitative estimate of drug-likeness (QED) is 0.488. The number of benzene rings is 2. The summed E-state index contributed by atoms with van der Waals surface area (Å²) in [4.78, 5) is 15.6. The van der Waals surface area contributed by atoms with Crippen LogP contribution in [0, 0.1) is 6.92 Å². The molecule has 2 N–H and O–H groups in total. The number of amides is 1. The number of hydrogen-bond donors (Lipinski definition) is 2. The van der Waals surface area contributed by atoms with E-state index in [4.69, 9.17) is 11.6 Å². The number of carbonyl (C=O) groups excluding carboxylic acids is 1. The third-order valence-electron chi connectivity index (χ3n) is 4.77. The molecular formula is C22H21ClN4O. The van der Waals surface area contributed by atoms with E-state index in [0.717, 1.165) is 27.7 Å².